The Kier molecular flexibility index (Phi) is 5.96. The summed E-state index contributed by atoms with van der Waals surface area (Å²) in [5, 5.41) is 2.37. The Morgan fingerprint density at radius 3 is 2.57 bits per heavy atom. The summed E-state index contributed by atoms with van der Waals surface area (Å²) in [7, 11) is 0. The van der Waals surface area contributed by atoms with E-state index in [0.717, 1.165) is 35.0 Å². The number of rotatable bonds is 3. The van der Waals surface area contributed by atoms with Crippen LogP contribution in [-0.2, 0) is 11.0 Å². The van der Waals surface area contributed by atoms with Crippen LogP contribution in [0.5, 0.6) is 0 Å². The van der Waals surface area contributed by atoms with E-state index in [-0.39, 0.29) is 16.8 Å². The number of nitrogens with zero attached hydrogens (tertiary/aromatic N) is 1. The Balaban J connectivity index is 1.82. The Morgan fingerprint density at radius 1 is 1.18 bits per heavy atom. The molecule has 3 rings (SSSR count). The predicted octanol–water partition coefficient (Wildman–Crippen LogP) is 6.20. The van der Waals surface area contributed by atoms with Crippen molar-refractivity contribution in [1.82, 2.24) is 5.32 Å². The van der Waals surface area contributed by atoms with Crippen LogP contribution >= 0.6 is 23.4 Å². The van der Waals surface area contributed by atoms with Crippen LogP contribution in [0.2, 0.25) is 5.02 Å². The third kappa shape index (κ3) is 5.05. The predicted molar refractivity (Wildman–Crippen MR) is 107 cm³/mol. The highest BCUT2D eigenvalue weighted by Gasteiger charge is 2.33. The molecule has 1 amide bonds. The maximum Gasteiger partial charge on any atom is 0.417 e. The van der Waals surface area contributed by atoms with Crippen LogP contribution in [-0.4, -0.2) is 11.1 Å². The molecule has 1 aliphatic rings. The quantitative estimate of drug-likeness (QED) is 0.598. The summed E-state index contributed by atoms with van der Waals surface area (Å²) in [5.74, 6) is -0.352. The fourth-order valence-corrected chi connectivity index (χ4v) is 3.57. The maximum atomic E-state index is 13.0. The molecule has 1 heterocycles. The van der Waals surface area contributed by atoms with E-state index in [4.69, 9.17) is 11.6 Å². The van der Waals surface area contributed by atoms with Crippen LogP contribution in [0.4, 0.5) is 18.9 Å². The summed E-state index contributed by atoms with van der Waals surface area (Å²) in [6.45, 7) is 1.86. The Labute approximate surface area is 169 Å². The number of allylic oxidation sites excluding steroid dienone is 2. The fourth-order valence-electron chi connectivity index (χ4n) is 2.46. The van der Waals surface area contributed by atoms with E-state index in [1.54, 1.807) is 6.08 Å². The third-order valence-corrected chi connectivity index (χ3v) is 4.93. The molecule has 0 bridgehead atoms. The number of halogens is 4. The van der Waals surface area contributed by atoms with Crippen LogP contribution in [0.15, 0.2) is 70.1 Å². The van der Waals surface area contributed by atoms with Gasteiger partial charge in [0, 0.05) is 0 Å². The molecule has 3 nitrogen and oxygen atoms in total. The molecule has 0 aliphatic carbocycles. The molecule has 0 aromatic heterocycles. The molecule has 28 heavy (non-hydrogen) atoms. The van der Waals surface area contributed by atoms with Gasteiger partial charge in [0.25, 0.3) is 5.91 Å². The van der Waals surface area contributed by atoms with Crippen LogP contribution in [0.1, 0.15) is 18.1 Å². The molecule has 2 aromatic carbocycles. The molecule has 0 radical (unpaired) electrons. The summed E-state index contributed by atoms with van der Waals surface area (Å²) in [6, 6.07) is 13.0. The number of hydrogen-bond acceptors (Lipinski definition) is 3. The first kappa shape index (κ1) is 20.2. The summed E-state index contributed by atoms with van der Waals surface area (Å²) < 4.78 is 38.9. The van der Waals surface area contributed by atoms with Crippen molar-refractivity contribution in [3.8, 4) is 0 Å². The molecular formula is C20H14ClF3N2OS. The van der Waals surface area contributed by atoms with E-state index < -0.39 is 16.8 Å². The van der Waals surface area contributed by atoms with E-state index in [2.05, 4.69) is 10.3 Å². The largest absolute Gasteiger partial charge is 0.417 e. The van der Waals surface area contributed by atoms with Gasteiger partial charge in [0.05, 0.1) is 21.2 Å². The van der Waals surface area contributed by atoms with E-state index in [0.29, 0.717) is 4.91 Å². The second kappa shape index (κ2) is 8.24. The number of amidine groups is 1. The average Bonchev–Trinajstić information content (AvgIpc) is 2.95. The summed E-state index contributed by atoms with van der Waals surface area (Å²) in [6.07, 6.45) is -0.951. The van der Waals surface area contributed by atoms with Crippen LogP contribution in [0.25, 0.3) is 6.08 Å². The minimum absolute atomic E-state index is 0.0531. The highest BCUT2D eigenvalue weighted by molar-refractivity contribution is 8.18. The zero-order valence-corrected chi connectivity index (χ0v) is 16.1. The van der Waals surface area contributed by atoms with Crippen molar-refractivity contribution >= 4 is 46.2 Å². The number of alkyl halides is 3. The number of thioether (sulfide) groups is 1. The lowest BCUT2D eigenvalue weighted by Crippen LogP contribution is -2.19. The normalized spacial score (nSPS) is 18.0. The van der Waals surface area contributed by atoms with Gasteiger partial charge in [-0.25, -0.2) is 4.99 Å². The molecular weight excluding hydrogens is 409 g/mol. The monoisotopic (exact) mass is 422 g/mol. The number of aliphatic imine (C=N–C) groups is 1. The van der Waals surface area contributed by atoms with Gasteiger partial charge in [0.2, 0.25) is 0 Å². The SMILES string of the molecule is CC(=Cc1ccccc1)C=C1SC(=Nc2ccc(Cl)c(C(F)(F)F)c2)NC1=O. The Hall–Kier alpha value is -2.51. The topological polar surface area (TPSA) is 41.5 Å². The lowest BCUT2D eigenvalue weighted by Gasteiger charge is -2.09. The molecule has 1 N–H and O–H groups in total. The molecule has 1 fully saturated rings. The molecule has 0 atom stereocenters. The van der Waals surface area contributed by atoms with Crippen LogP contribution < -0.4 is 5.32 Å². The lowest BCUT2D eigenvalue weighted by molar-refractivity contribution is -0.137. The first-order chi connectivity index (χ1) is 13.2. The first-order valence-corrected chi connectivity index (χ1v) is 9.31. The highest BCUT2D eigenvalue weighted by Crippen LogP contribution is 2.37. The second-order valence-electron chi connectivity index (χ2n) is 5.94. The summed E-state index contributed by atoms with van der Waals surface area (Å²) in [5.41, 5.74) is 0.936. The van der Waals surface area contributed by atoms with Crippen molar-refractivity contribution in [3.63, 3.8) is 0 Å². The average molecular weight is 423 g/mol. The zero-order chi connectivity index (χ0) is 20.3. The number of amides is 1. The minimum Gasteiger partial charge on any atom is -0.300 e. The highest BCUT2D eigenvalue weighted by atomic mass is 35.5. The van der Waals surface area contributed by atoms with Gasteiger partial charge in [-0.1, -0.05) is 48.0 Å². The summed E-state index contributed by atoms with van der Waals surface area (Å²) in [4.78, 5) is 16.6. The van der Waals surface area contributed by atoms with Crippen molar-refractivity contribution in [3.05, 3.63) is 81.2 Å². The number of nitrogens with one attached hydrogen (secondary N) is 1. The molecule has 1 aliphatic heterocycles. The molecule has 0 unspecified atom stereocenters. The molecule has 2 aromatic rings. The van der Waals surface area contributed by atoms with Gasteiger partial charge in [0.1, 0.15) is 0 Å². The van der Waals surface area contributed by atoms with Crippen LogP contribution in [0.3, 0.4) is 0 Å². The van der Waals surface area contributed by atoms with Crippen molar-refractivity contribution in [2.75, 3.05) is 0 Å². The Morgan fingerprint density at radius 2 is 1.89 bits per heavy atom. The zero-order valence-electron chi connectivity index (χ0n) is 14.5. The first-order valence-electron chi connectivity index (χ1n) is 8.12. The van der Waals surface area contributed by atoms with Crippen molar-refractivity contribution in [2.45, 2.75) is 13.1 Å². The minimum atomic E-state index is -4.58. The molecule has 144 valence electrons. The van der Waals surface area contributed by atoms with E-state index in [9.17, 15) is 18.0 Å². The van der Waals surface area contributed by atoms with Crippen molar-refractivity contribution in [1.29, 1.82) is 0 Å². The van der Waals surface area contributed by atoms with Gasteiger partial charge in [-0.3, -0.25) is 4.79 Å². The van der Waals surface area contributed by atoms with E-state index in [1.807, 2.05) is 43.3 Å². The standard InChI is InChI=1S/C20H14ClF3N2OS/c1-12(9-13-5-3-2-4-6-13)10-17-18(27)26-19(28-17)25-14-7-8-16(21)15(11-14)20(22,23)24/h2-11H,1H3,(H,25,26,27). The van der Waals surface area contributed by atoms with Gasteiger partial charge < -0.3 is 5.32 Å². The smallest absolute Gasteiger partial charge is 0.300 e. The number of carbonyl (C=O) groups is 1. The lowest BCUT2D eigenvalue weighted by atomic mass is 10.1. The molecule has 8 heteroatoms. The fraction of sp³-hybridized carbons (Fsp3) is 0.100. The molecule has 0 saturated carbocycles. The van der Waals surface area contributed by atoms with Gasteiger partial charge in [-0.15, -0.1) is 0 Å². The number of benzene rings is 2. The van der Waals surface area contributed by atoms with Crippen molar-refractivity contribution in [2.24, 2.45) is 4.99 Å². The van der Waals surface area contributed by atoms with Gasteiger partial charge in [-0.2, -0.15) is 13.2 Å². The maximum absolute atomic E-state index is 13.0. The van der Waals surface area contributed by atoms with Gasteiger partial charge >= 0.3 is 6.18 Å². The van der Waals surface area contributed by atoms with Gasteiger partial charge in [0.15, 0.2) is 5.17 Å². The third-order valence-electron chi connectivity index (χ3n) is 3.69. The van der Waals surface area contributed by atoms with E-state index in [1.165, 1.54) is 6.07 Å². The second-order valence-corrected chi connectivity index (χ2v) is 7.38. The summed E-state index contributed by atoms with van der Waals surface area (Å²) >= 11 is 6.67. The molecule has 0 spiro atoms. The Bertz CT molecular complexity index is 998. The van der Waals surface area contributed by atoms with Crippen LogP contribution in [0, 0.1) is 0 Å². The van der Waals surface area contributed by atoms with Crippen molar-refractivity contribution < 1.29 is 18.0 Å². The van der Waals surface area contributed by atoms with E-state index >= 15 is 0 Å². The van der Waals surface area contributed by atoms with Gasteiger partial charge in [-0.05, 0) is 54.1 Å². The molecule has 1 saturated heterocycles. The number of hydrogen-bond donors (Lipinski definition) is 1. The number of carbonyl (C=O) groups excluding carboxylic acids is 1.